The monoisotopic (exact) mass is 287 g/mol. The zero-order valence-corrected chi connectivity index (χ0v) is 10.2. The molecule has 2 rings (SSSR count). The molecule has 0 fully saturated rings. The molecule has 0 bridgehead atoms. The summed E-state index contributed by atoms with van der Waals surface area (Å²) in [4.78, 5) is 6.26. The maximum absolute atomic E-state index is 13.3. The first-order valence-corrected chi connectivity index (χ1v) is 5.41. The second-order valence-corrected chi connectivity index (χ2v) is 3.97. The minimum absolute atomic E-state index is 0.0133. The van der Waals surface area contributed by atoms with Crippen molar-refractivity contribution in [3.05, 3.63) is 41.5 Å². The van der Waals surface area contributed by atoms with Gasteiger partial charge in [0.05, 0.1) is 0 Å². The summed E-state index contributed by atoms with van der Waals surface area (Å²) in [6.07, 6.45) is -4.74. The molecule has 0 unspecified atom stereocenters. The molecule has 0 saturated heterocycles. The third kappa shape index (κ3) is 3.14. The number of benzene rings is 1. The Balaban J connectivity index is 2.33. The van der Waals surface area contributed by atoms with Crippen molar-refractivity contribution in [2.45, 2.75) is 13.1 Å². The SMILES string of the molecule is Cc1ccc(Oc2cc(N)nc(C(F)(F)F)n2)cc1F. The molecule has 1 heterocycles. The number of nitrogens with zero attached hydrogens (tertiary/aromatic N) is 2. The zero-order valence-electron chi connectivity index (χ0n) is 10.2. The van der Waals surface area contributed by atoms with Crippen LogP contribution in [0, 0.1) is 12.7 Å². The number of ether oxygens (including phenoxy) is 1. The highest BCUT2D eigenvalue weighted by Crippen LogP contribution is 2.30. The Morgan fingerprint density at radius 3 is 2.45 bits per heavy atom. The third-order valence-corrected chi connectivity index (χ3v) is 2.34. The maximum atomic E-state index is 13.3. The minimum atomic E-state index is -4.74. The molecule has 0 aliphatic heterocycles. The van der Waals surface area contributed by atoms with Gasteiger partial charge in [-0.25, -0.2) is 9.37 Å². The largest absolute Gasteiger partial charge is 0.451 e. The van der Waals surface area contributed by atoms with E-state index in [1.807, 2.05) is 0 Å². The fourth-order valence-corrected chi connectivity index (χ4v) is 1.38. The molecule has 1 aromatic carbocycles. The quantitative estimate of drug-likeness (QED) is 0.861. The number of aryl methyl sites for hydroxylation is 1. The van der Waals surface area contributed by atoms with Gasteiger partial charge in [-0.15, -0.1) is 0 Å². The van der Waals surface area contributed by atoms with Crippen LogP contribution in [0.25, 0.3) is 0 Å². The second-order valence-electron chi connectivity index (χ2n) is 3.97. The highest BCUT2D eigenvalue weighted by molar-refractivity contribution is 5.37. The molecule has 2 aromatic rings. The number of hydrogen-bond donors (Lipinski definition) is 1. The number of halogens is 4. The highest BCUT2D eigenvalue weighted by Gasteiger charge is 2.35. The number of aromatic nitrogens is 2. The lowest BCUT2D eigenvalue weighted by Crippen LogP contribution is -2.12. The molecular formula is C12H9F4N3O. The summed E-state index contributed by atoms with van der Waals surface area (Å²) < 4.78 is 55.9. The number of rotatable bonds is 2. The lowest BCUT2D eigenvalue weighted by Gasteiger charge is -2.09. The summed E-state index contributed by atoms with van der Waals surface area (Å²) in [5, 5.41) is 0. The van der Waals surface area contributed by atoms with Gasteiger partial charge in [-0.2, -0.15) is 18.2 Å². The van der Waals surface area contributed by atoms with Gasteiger partial charge in [-0.3, -0.25) is 0 Å². The van der Waals surface area contributed by atoms with E-state index < -0.39 is 29.5 Å². The van der Waals surface area contributed by atoms with Gasteiger partial charge in [0.25, 0.3) is 0 Å². The Hall–Kier alpha value is -2.38. The van der Waals surface area contributed by atoms with Gasteiger partial charge in [-0.1, -0.05) is 6.07 Å². The van der Waals surface area contributed by atoms with E-state index in [9.17, 15) is 17.6 Å². The fraction of sp³-hybridized carbons (Fsp3) is 0.167. The first-order chi connectivity index (χ1) is 9.25. The summed E-state index contributed by atoms with van der Waals surface area (Å²) in [5.41, 5.74) is 5.64. The van der Waals surface area contributed by atoms with Crippen molar-refractivity contribution < 1.29 is 22.3 Å². The average molecular weight is 287 g/mol. The predicted octanol–water partition coefficient (Wildman–Crippen LogP) is 3.32. The molecule has 0 amide bonds. The molecule has 0 spiro atoms. The van der Waals surface area contributed by atoms with Crippen LogP contribution >= 0.6 is 0 Å². The average Bonchev–Trinajstić information content (AvgIpc) is 2.32. The van der Waals surface area contributed by atoms with E-state index in [0.717, 1.165) is 12.1 Å². The van der Waals surface area contributed by atoms with Crippen molar-refractivity contribution >= 4 is 5.82 Å². The number of nitrogens with two attached hydrogens (primary N) is 1. The van der Waals surface area contributed by atoms with E-state index >= 15 is 0 Å². The van der Waals surface area contributed by atoms with Gasteiger partial charge in [0.15, 0.2) is 0 Å². The normalized spacial score (nSPS) is 11.4. The lowest BCUT2D eigenvalue weighted by molar-refractivity contribution is -0.145. The molecule has 2 N–H and O–H groups in total. The molecule has 0 aliphatic carbocycles. The van der Waals surface area contributed by atoms with Crippen LogP contribution < -0.4 is 10.5 Å². The standard InChI is InChI=1S/C12H9F4N3O/c1-6-2-3-7(4-8(6)13)20-10-5-9(17)18-11(19-10)12(14,15)16/h2-5H,1H3,(H2,17,18,19). The second kappa shape index (κ2) is 4.95. The maximum Gasteiger partial charge on any atom is 0.451 e. The van der Waals surface area contributed by atoms with Gasteiger partial charge in [0.2, 0.25) is 11.7 Å². The van der Waals surface area contributed by atoms with Crippen LogP contribution in [0.4, 0.5) is 23.4 Å². The summed E-state index contributed by atoms with van der Waals surface area (Å²) >= 11 is 0. The summed E-state index contributed by atoms with van der Waals surface area (Å²) in [5.74, 6) is -2.75. The summed E-state index contributed by atoms with van der Waals surface area (Å²) in [6, 6.07) is 4.90. The van der Waals surface area contributed by atoms with Gasteiger partial charge in [0, 0.05) is 12.1 Å². The summed E-state index contributed by atoms with van der Waals surface area (Å²) in [7, 11) is 0. The predicted molar refractivity (Wildman–Crippen MR) is 62.7 cm³/mol. The Kier molecular flexibility index (Phi) is 3.47. The number of anilines is 1. The summed E-state index contributed by atoms with van der Waals surface area (Å²) in [6.45, 7) is 1.55. The Bertz CT molecular complexity index is 643. The zero-order chi connectivity index (χ0) is 14.9. The topological polar surface area (TPSA) is 61.0 Å². The minimum Gasteiger partial charge on any atom is -0.439 e. The van der Waals surface area contributed by atoms with E-state index in [2.05, 4.69) is 9.97 Å². The molecule has 20 heavy (non-hydrogen) atoms. The first-order valence-electron chi connectivity index (χ1n) is 5.41. The number of nitrogen functional groups attached to an aromatic ring is 1. The molecule has 0 radical (unpaired) electrons. The lowest BCUT2D eigenvalue weighted by atomic mass is 10.2. The van der Waals surface area contributed by atoms with E-state index in [4.69, 9.17) is 10.5 Å². The number of alkyl halides is 3. The van der Waals surface area contributed by atoms with Crippen molar-refractivity contribution in [1.29, 1.82) is 0 Å². The van der Waals surface area contributed by atoms with Crippen LogP contribution in [-0.4, -0.2) is 9.97 Å². The van der Waals surface area contributed by atoms with Gasteiger partial charge < -0.3 is 10.5 Å². The van der Waals surface area contributed by atoms with Crippen molar-refractivity contribution in [2.75, 3.05) is 5.73 Å². The number of hydrogen-bond acceptors (Lipinski definition) is 4. The van der Waals surface area contributed by atoms with Crippen molar-refractivity contribution in [3.63, 3.8) is 0 Å². The van der Waals surface area contributed by atoms with Crippen LogP contribution in [0.5, 0.6) is 11.6 Å². The van der Waals surface area contributed by atoms with Crippen LogP contribution in [0.1, 0.15) is 11.4 Å². The smallest absolute Gasteiger partial charge is 0.439 e. The molecule has 106 valence electrons. The first kappa shape index (κ1) is 14.0. The van der Waals surface area contributed by atoms with Crippen LogP contribution in [0.15, 0.2) is 24.3 Å². The van der Waals surface area contributed by atoms with Crippen molar-refractivity contribution in [3.8, 4) is 11.6 Å². The Labute approximate surface area is 111 Å². The molecule has 1 aromatic heterocycles. The molecule has 0 aliphatic rings. The molecule has 0 atom stereocenters. The van der Waals surface area contributed by atoms with Crippen LogP contribution in [-0.2, 0) is 6.18 Å². The van der Waals surface area contributed by atoms with Crippen LogP contribution in [0.3, 0.4) is 0 Å². The van der Waals surface area contributed by atoms with E-state index in [0.29, 0.717) is 5.56 Å². The van der Waals surface area contributed by atoms with Gasteiger partial charge in [0.1, 0.15) is 17.4 Å². The van der Waals surface area contributed by atoms with Crippen molar-refractivity contribution in [2.24, 2.45) is 0 Å². The van der Waals surface area contributed by atoms with Crippen LogP contribution in [0.2, 0.25) is 0 Å². The van der Waals surface area contributed by atoms with Gasteiger partial charge >= 0.3 is 6.18 Å². The molecule has 4 nitrogen and oxygen atoms in total. The van der Waals surface area contributed by atoms with Crippen molar-refractivity contribution in [1.82, 2.24) is 9.97 Å². The van der Waals surface area contributed by atoms with E-state index in [1.54, 1.807) is 6.92 Å². The van der Waals surface area contributed by atoms with E-state index in [-0.39, 0.29) is 5.75 Å². The van der Waals surface area contributed by atoms with Gasteiger partial charge in [-0.05, 0) is 18.6 Å². The molecule has 0 saturated carbocycles. The molecule has 8 heteroatoms. The fourth-order valence-electron chi connectivity index (χ4n) is 1.38. The van der Waals surface area contributed by atoms with E-state index in [1.165, 1.54) is 12.1 Å². The Morgan fingerprint density at radius 1 is 1.15 bits per heavy atom. The Morgan fingerprint density at radius 2 is 1.85 bits per heavy atom. The highest BCUT2D eigenvalue weighted by atomic mass is 19.4. The molecular weight excluding hydrogens is 278 g/mol. The third-order valence-electron chi connectivity index (χ3n) is 2.34.